The topological polar surface area (TPSA) is 106 Å². The number of nitrogens with one attached hydrogen (secondary N) is 1. The zero-order chi connectivity index (χ0) is 28.4. The molecule has 0 radical (unpaired) electrons. The number of carbonyl (C=O) groups excluding carboxylic acids is 2. The number of aliphatic hydroxyl groups is 1. The third-order valence-electron chi connectivity index (χ3n) is 5.52. The van der Waals surface area contributed by atoms with Gasteiger partial charge in [-0.05, 0) is 42.7 Å². The maximum atomic E-state index is 12.6. The lowest BCUT2D eigenvalue weighted by molar-refractivity contribution is -0.274. The predicted octanol–water partition coefficient (Wildman–Crippen LogP) is 4.84. The fraction of sp³-hybridized carbons (Fsp3) is 0.346. The fourth-order valence-corrected chi connectivity index (χ4v) is 3.80. The van der Waals surface area contributed by atoms with Crippen LogP contribution < -0.4 is 19.7 Å². The van der Waals surface area contributed by atoms with Crippen LogP contribution in [0.4, 0.5) is 23.8 Å². The number of halogens is 4. The Hall–Kier alpha value is -3.77. The van der Waals surface area contributed by atoms with Gasteiger partial charge in [0.1, 0.15) is 23.0 Å². The van der Waals surface area contributed by atoms with Gasteiger partial charge in [0.25, 0.3) is 0 Å². The molecule has 1 aromatic heterocycles. The van der Waals surface area contributed by atoms with Crippen LogP contribution in [0.3, 0.4) is 0 Å². The van der Waals surface area contributed by atoms with Crippen molar-refractivity contribution in [2.75, 3.05) is 31.7 Å². The molecule has 0 spiro atoms. The monoisotopic (exact) mass is 568 g/mol. The van der Waals surface area contributed by atoms with E-state index >= 15 is 0 Å². The second-order valence-electron chi connectivity index (χ2n) is 8.41. The van der Waals surface area contributed by atoms with Gasteiger partial charge in [-0.2, -0.15) is 0 Å². The number of imidazole rings is 1. The molecule has 210 valence electrons. The number of amides is 2. The van der Waals surface area contributed by atoms with Crippen molar-refractivity contribution < 1.29 is 37.3 Å². The summed E-state index contributed by atoms with van der Waals surface area (Å²) in [6, 6.07) is 11.8. The van der Waals surface area contributed by atoms with E-state index < -0.39 is 12.4 Å². The Kier molecular flexibility index (Phi) is 10.6. The number of aromatic nitrogens is 2. The van der Waals surface area contributed by atoms with Gasteiger partial charge < -0.3 is 24.5 Å². The van der Waals surface area contributed by atoms with Gasteiger partial charge in [-0.1, -0.05) is 29.8 Å². The minimum atomic E-state index is -4.81. The Balaban J connectivity index is 1.77. The predicted molar refractivity (Wildman–Crippen MR) is 139 cm³/mol. The SMILES string of the molecule is CN(C(=O)NCCCO)c1nc(CCCOc2cccc(OC(F)(F)F)c2)n(Cc2ccc(Cl)cc2)c1C=O. The molecule has 2 N–H and O–H groups in total. The van der Waals surface area contributed by atoms with Crippen LogP contribution in [0.1, 0.15) is 34.7 Å². The van der Waals surface area contributed by atoms with Crippen molar-refractivity contribution in [2.45, 2.75) is 32.2 Å². The molecule has 0 aliphatic rings. The van der Waals surface area contributed by atoms with Crippen LogP contribution in [0.5, 0.6) is 11.5 Å². The van der Waals surface area contributed by atoms with Gasteiger partial charge in [-0.25, -0.2) is 9.78 Å². The van der Waals surface area contributed by atoms with E-state index in [2.05, 4.69) is 15.0 Å². The standard InChI is InChI=1S/C26H28ClF3N4O5/c1-33(25(37)31-12-4-13-35)24-22(17-36)34(16-18-8-10-19(27)11-9-18)23(32-24)7-3-14-38-20-5-2-6-21(15-20)39-26(28,29)30/h2,5-6,8-11,15,17,35H,3-4,7,12-14,16H2,1H3,(H,31,37). The summed E-state index contributed by atoms with van der Waals surface area (Å²) in [4.78, 5) is 30.5. The summed E-state index contributed by atoms with van der Waals surface area (Å²) in [7, 11) is 1.49. The molecule has 2 amide bonds. The van der Waals surface area contributed by atoms with Crippen LogP contribution in [0.2, 0.25) is 5.02 Å². The molecule has 0 unspecified atom stereocenters. The van der Waals surface area contributed by atoms with Gasteiger partial charge in [0, 0.05) is 44.3 Å². The highest BCUT2D eigenvalue weighted by Crippen LogP contribution is 2.27. The summed E-state index contributed by atoms with van der Waals surface area (Å²) in [6.45, 7) is 0.601. The lowest BCUT2D eigenvalue weighted by Crippen LogP contribution is -2.38. The normalized spacial score (nSPS) is 11.2. The molecule has 0 aliphatic heterocycles. The first-order valence-corrected chi connectivity index (χ1v) is 12.4. The number of carbonyl (C=O) groups is 2. The molecule has 0 fully saturated rings. The number of hydrogen-bond donors (Lipinski definition) is 2. The number of ether oxygens (including phenoxy) is 2. The van der Waals surface area contributed by atoms with Gasteiger partial charge in [0.05, 0.1) is 6.61 Å². The number of aliphatic hydroxyl groups excluding tert-OH is 1. The quantitative estimate of drug-likeness (QED) is 0.226. The van der Waals surface area contributed by atoms with Gasteiger partial charge in [0.2, 0.25) is 0 Å². The van der Waals surface area contributed by atoms with Crippen LogP contribution in [0.25, 0.3) is 0 Å². The van der Waals surface area contributed by atoms with Crippen LogP contribution in [0.15, 0.2) is 48.5 Å². The lowest BCUT2D eigenvalue weighted by Gasteiger charge is -2.16. The van der Waals surface area contributed by atoms with Crippen LogP contribution >= 0.6 is 11.6 Å². The third-order valence-corrected chi connectivity index (χ3v) is 5.77. The van der Waals surface area contributed by atoms with E-state index in [9.17, 15) is 22.8 Å². The molecule has 0 atom stereocenters. The number of benzene rings is 2. The lowest BCUT2D eigenvalue weighted by atomic mass is 10.2. The van der Waals surface area contributed by atoms with Crippen LogP contribution in [-0.4, -0.2) is 60.1 Å². The Labute approximate surface area is 228 Å². The number of alkyl halides is 3. The van der Waals surface area contributed by atoms with Crippen molar-refractivity contribution in [1.82, 2.24) is 14.9 Å². The maximum Gasteiger partial charge on any atom is 0.573 e. The first-order chi connectivity index (χ1) is 18.6. The Morgan fingerprint density at radius 1 is 1.18 bits per heavy atom. The zero-order valence-corrected chi connectivity index (χ0v) is 21.8. The van der Waals surface area contributed by atoms with Gasteiger partial charge in [0.15, 0.2) is 12.1 Å². The molecule has 13 heteroatoms. The second kappa shape index (κ2) is 13.9. The van der Waals surface area contributed by atoms with Crippen molar-refractivity contribution in [3.63, 3.8) is 0 Å². The van der Waals surface area contributed by atoms with Crippen molar-refractivity contribution in [1.29, 1.82) is 0 Å². The van der Waals surface area contributed by atoms with Gasteiger partial charge in [-0.15, -0.1) is 13.2 Å². The zero-order valence-electron chi connectivity index (χ0n) is 21.1. The highest BCUT2D eigenvalue weighted by atomic mass is 35.5. The Bertz CT molecular complexity index is 1250. The molecule has 0 saturated carbocycles. The first-order valence-electron chi connectivity index (χ1n) is 12.0. The summed E-state index contributed by atoms with van der Waals surface area (Å²) in [5.74, 6) is 0.483. The molecule has 3 rings (SSSR count). The second-order valence-corrected chi connectivity index (χ2v) is 8.85. The van der Waals surface area contributed by atoms with E-state index in [1.54, 1.807) is 16.7 Å². The van der Waals surface area contributed by atoms with Crippen LogP contribution in [-0.2, 0) is 13.0 Å². The van der Waals surface area contributed by atoms with Crippen molar-refractivity contribution in [3.05, 3.63) is 70.6 Å². The minimum Gasteiger partial charge on any atom is -0.493 e. The molecule has 0 saturated heterocycles. The highest BCUT2D eigenvalue weighted by Gasteiger charge is 2.31. The molecule has 3 aromatic rings. The number of nitrogens with zero attached hydrogens (tertiary/aromatic N) is 3. The largest absolute Gasteiger partial charge is 0.573 e. The first kappa shape index (κ1) is 29.8. The molecule has 2 aromatic carbocycles. The molecule has 1 heterocycles. The van der Waals surface area contributed by atoms with E-state index in [1.807, 2.05) is 12.1 Å². The summed E-state index contributed by atoms with van der Waals surface area (Å²) in [5, 5.41) is 12.2. The molecular formula is C26H28ClF3N4O5. The van der Waals surface area contributed by atoms with Crippen molar-refractivity contribution in [3.8, 4) is 11.5 Å². The number of hydrogen-bond acceptors (Lipinski definition) is 6. The molecule has 0 aliphatic carbocycles. The van der Waals surface area contributed by atoms with E-state index in [-0.39, 0.29) is 49.3 Å². The van der Waals surface area contributed by atoms with Crippen LogP contribution in [0, 0.1) is 0 Å². The summed E-state index contributed by atoms with van der Waals surface area (Å²) < 4.78 is 48.7. The molecule has 39 heavy (non-hydrogen) atoms. The number of rotatable bonds is 13. The van der Waals surface area contributed by atoms with Gasteiger partial charge in [-0.3, -0.25) is 9.69 Å². The molecule has 0 bridgehead atoms. The van der Waals surface area contributed by atoms with E-state index in [0.29, 0.717) is 36.4 Å². The smallest absolute Gasteiger partial charge is 0.493 e. The Morgan fingerprint density at radius 3 is 2.56 bits per heavy atom. The number of aryl methyl sites for hydroxylation is 1. The van der Waals surface area contributed by atoms with E-state index in [1.165, 1.54) is 30.1 Å². The van der Waals surface area contributed by atoms with E-state index in [0.717, 1.165) is 11.6 Å². The maximum absolute atomic E-state index is 12.6. The van der Waals surface area contributed by atoms with E-state index in [4.69, 9.17) is 21.4 Å². The summed E-state index contributed by atoms with van der Waals surface area (Å²) in [6.07, 6.45) is -3.06. The molecular weight excluding hydrogens is 541 g/mol. The number of aldehydes is 1. The highest BCUT2D eigenvalue weighted by molar-refractivity contribution is 6.30. The number of anilines is 1. The van der Waals surface area contributed by atoms with Crippen molar-refractivity contribution in [2.24, 2.45) is 0 Å². The average molecular weight is 569 g/mol. The third kappa shape index (κ3) is 8.89. The Morgan fingerprint density at radius 2 is 1.90 bits per heavy atom. The number of urea groups is 1. The summed E-state index contributed by atoms with van der Waals surface area (Å²) in [5.41, 5.74) is 1.04. The molecule has 9 nitrogen and oxygen atoms in total. The fourth-order valence-electron chi connectivity index (χ4n) is 3.67. The summed E-state index contributed by atoms with van der Waals surface area (Å²) >= 11 is 5.99. The average Bonchev–Trinajstić information content (AvgIpc) is 3.23. The van der Waals surface area contributed by atoms with Gasteiger partial charge >= 0.3 is 12.4 Å². The van der Waals surface area contributed by atoms with Crippen molar-refractivity contribution >= 4 is 29.7 Å². The minimum absolute atomic E-state index is 0.0782.